The van der Waals surface area contributed by atoms with E-state index in [-0.39, 0.29) is 76.4 Å². The number of hydrogen-bond donors (Lipinski definition) is 1. The Hall–Kier alpha value is -2.53. The molecule has 6 aliphatic rings. The molecule has 10 unspecified atom stereocenters. The average Bonchev–Trinajstić information content (AvgIpc) is 3.50. The molecule has 1 aliphatic heterocycles. The van der Waals surface area contributed by atoms with Gasteiger partial charge in [-0.2, -0.15) is 19.6 Å². The van der Waals surface area contributed by atoms with Gasteiger partial charge in [0.2, 0.25) is 17.5 Å². The minimum absolute atomic E-state index is 0.0993. The molecule has 1 heterocycles. The van der Waals surface area contributed by atoms with Gasteiger partial charge in [-0.1, -0.05) is 58.0 Å². The summed E-state index contributed by atoms with van der Waals surface area (Å²) in [4.78, 5) is 63.1. The molecule has 53 heavy (non-hydrogen) atoms. The van der Waals surface area contributed by atoms with Crippen LogP contribution in [0.25, 0.3) is 0 Å². The Balaban J connectivity index is 1.08. The summed E-state index contributed by atoms with van der Waals surface area (Å²) in [7, 11) is 0. The highest BCUT2D eigenvalue weighted by Gasteiger charge is 2.69. The Morgan fingerprint density at radius 2 is 1.53 bits per heavy atom. The van der Waals surface area contributed by atoms with Gasteiger partial charge in [-0.25, -0.2) is 0 Å². The zero-order valence-electron chi connectivity index (χ0n) is 32.9. The fourth-order valence-electron chi connectivity index (χ4n) is 12.4. The number of ether oxygens (including phenoxy) is 2. The first-order valence-electron chi connectivity index (χ1n) is 20.7. The molecule has 2 spiro atoms. The molecule has 10 heteroatoms. The summed E-state index contributed by atoms with van der Waals surface area (Å²) in [5, 5.41) is 3.02. The zero-order valence-corrected chi connectivity index (χ0v) is 32.9. The first kappa shape index (κ1) is 38.7. The number of hydrogen-bond acceptors (Lipinski definition) is 9. The zero-order chi connectivity index (χ0) is 37.6. The lowest BCUT2D eigenvalue weighted by Gasteiger charge is -2.65. The van der Waals surface area contributed by atoms with Crippen LogP contribution in [0, 0.1) is 46.3 Å². The number of nitrogens with one attached hydrogen (secondary N) is 1. The Kier molecular flexibility index (Phi) is 11.1. The molecule has 1 N–H and O–H groups in total. The second-order valence-corrected chi connectivity index (χ2v) is 18.2. The molecule has 1 aromatic rings. The summed E-state index contributed by atoms with van der Waals surface area (Å²) >= 11 is 0. The lowest BCUT2D eigenvalue weighted by Crippen LogP contribution is -2.65. The third kappa shape index (κ3) is 7.31. The van der Waals surface area contributed by atoms with E-state index in [2.05, 4.69) is 57.3 Å². The van der Waals surface area contributed by atoms with Crippen molar-refractivity contribution in [3.8, 4) is 0 Å². The van der Waals surface area contributed by atoms with Crippen LogP contribution >= 0.6 is 0 Å². The molecule has 7 rings (SSSR count). The van der Waals surface area contributed by atoms with Gasteiger partial charge in [0.1, 0.15) is 12.2 Å². The smallest absolute Gasteiger partial charge is 0.302 e. The quantitative estimate of drug-likeness (QED) is 0.197. The Morgan fingerprint density at radius 3 is 2.19 bits per heavy atom. The number of rotatable bonds is 9. The highest BCUT2D eigenvalue weighted by Crippen LogP contribution is 2.70. The molecule has 0 bridgehead atoms. The molecule has 1 amide bonds. The fourth-order valence-corrected chi connectivity index (χ4v) is 12.4. The van der Waals surface area contributed by atoms with Crippen molar-refractivity contribution in [1.82, 2.24) is 5.32 Å². The van der Waals surface area contributed by atoms with Crippen molar-refractivity contribution in [2.45, 2.75) is 161 Å². The van der Waals surface area contributed by atoms with Crippen LogP contribution < -0.4 is 5.32 Å². The third-order valence-corrected chi connectivity index (χ3v) is 15.2. The van der Waals surface area contributed by atoms with Crippen molar-refractivity contribution >= 4 is 17.8 Å². The number of esters is 2. The van der Waals surface area contributed by atoms with Gasteiger partial charge in [0.15, 0.2) is 0 Å². The predicted molar refractivity (Wildman–Crippen MR) is 196 cm³/mol. The van der Waals surface area contributed by atoms with E-state index in [4.69, 9.17) is 29.0 Å². The second-order valence-electron chi connectivity index (χ2n) is 18.2. The van der Waals surface area contributed by atoms with Gasteiger partial charge >= 0.3 is 11.9 Å². The SMILES string of the molecule is CCCNC(=O)CCC(C)C1CCC2C3C(OC(C)=O)CC4CC5(CCC4(C)C3CC(OC(C)=O)C12C)OOC1(CCC(c2ccccc2)CC1)OO5. The monoisotopic (exact) mass is 737 g/mol. The van der Waals surface area contributed by atoms with Gasteiger partial charge in [0.05, 0.1) is 0 Å². The van der Waals surface area contributed by atoms with Crippen LogP contribution in [0.2, 0.25) is 0 Å². The van der Waals surface area contributed by atoms with Crippen molar-refractivity contribution in [1.29, 1.82) is 0 Å². The molecule has 10 nitrogen and oxygen atoms in total. The Morgan fingerprint density at radius 1 is 0.849 bits per heavy atom. The lowest BCUT2D eigenvalue weighted by molar-refractivity contribution is -0.665. The van der Waals surface area contributed by atoms with E-state index >= 15 is 0 Å². The summed E-state index contributed by atoms with van der Waals surface area (Å²) in [5.74, 6) is -0.721. The molecule has 0 radical (unpaired) electrons. The van der Waals surface area contributed by atoms with Crippen LogP contribution in [0.5, 0.6) is 0 Å². The number of carbonyl (C=O) groups excluding carboxylic acids is 3. The summed E-state index contributed by atoms with van der Waals surface area (Å²) < 4.78 is 12.7. The topological polar surface area (TPSA) is 119 Å². The van der Waals surface area contributed by atoms with Gasteiger partial charge in [-0.3, -0.25) is 14.4 Å². The van der Waals surface area contributed by atoms with Crippen molar-refractivity contribution in [3.63, 3.8) is 0 Å². The summed E-state index contributed by atoms with van der Waals surface area (Å²) in [6, 6.07) is 10.6. The van der Waals surface area contributed by atoms with Crippen molar-refractivity contribution in [3.05, 3.63) is 35.9 Å². The van der Waals surface area contributed by atoms with Crippen LogP contribution in [0.15, 0.2) is 30.3 Å². The van der Waals surface area contributed by atoms with E-state index in [1.165, 1.54) is 19.4 Å². The van der Waals surface area contributed by atoms with Crippen LogP contribution in [-0.4, -0.2) is 48.2 Å². The summed E-state index contributed by atoms with van der Waals surface area (Å²) in [6.45, 7) is 12.8. The van der Waals surface area contributed by atoms with Crippen LogP contribution in [0.1, 0.15) is 143 Å². The second kappa shape index (κ2) is 15.2. The van der Waals surface area contributed by atoms with Gasteiger partial charge in [0, 0.05) is 63.8 Å². The van der Waals surface area contributed by atoms with E-state index in [0.29, 0.717) is 51.0 Å². The first-order valence-corrected chi connectivity index (χ1v) is 20.7. The maximum absolute atomic E-state index is 12.8. The Labute approximate surface area is 315 Å². The molecule has 6 fully saturated rings. The van der Waals surface area contributed by atoms with E-state index in [1.807, 2.05) is 6.07 Å². The number of benzene rings is 1. The van der Waals surface area contributed by atoms with E-state index < -0.39 is 11.6 Å². The lowest BCUT2D eigenvalue weighted by atomic mass is 9.42. The largest absolute Gasteiger partial charge is 0.462 e. The van der Waals surface area contributed by atoms with Gasteiger partial charge in [-0.05, 0) is 104 Å². The molecule has 0 aromatic heterocycles. The van der Waals surface area contributed by atoms with E-state index in [0.717, 1.165) is 51.4 Å². The first-order chi connectivity index (χ1) is 25.3. The number of amides is 1. The average molecular weight is 738 g/mol. The Bertz CT molecular complexity index is 1470. The van der Waals surface area contributed by atoms with Gasteiger partial charge in [0.25, 0.3) is 0 Å². The van der Waals surface area contributed by atoms with Gasteiger partial charge in [-0.15, -0.1) is 0 Å². The highest BCUT2D eigenvalue weighted by molar-refractivity contribution is 5.75. The number of fused-ring (bicyclic) bond motifs is 5. The number of carbonyl (C=O) groups is 3. The maximum atomic E-state index is 12.8. The van der Waals surface area contributed by atoms with E-state index in [9.17, 15) is 14.4 Å². The van der Waals surface area contributed by atoms with Crippen molar-refractivity contribution in [2.75, 3.05) is 6.54 Å². The van der Waals surface area contributed by atoms with Crippen LogP contribution in [-0.2, 0) is 43.4 Å². The maximum Gasteiger partial charge on any atom is 0.302 e. The summed E-state index contributed by atoms with van der Waals surface area (Å²) in [6.07, 6.45) is 10.3. The predicted octanol–water partition coefficient (Wildman–Crippen LogP) is 8.33. The normalized spacial score (nSPS) is 42.5. The van der Waals surface area contributed by atoms with Crippen molar-refractivity contribution < 1.29 is 43.4 Å². The molecular weight excluding hydrogens is 674 g/mol. The molecule has 1 aromatic carbocycles. The van der Waals surface area contributed by atoms with Crippen LogP contribution in [0.4, 0.5) is 0 Å². The summed E-state index contributed by atoms with van der Waals surface area (Å²) in [5.41, 5.74) is 0.923. The van der Waals surface area contributed by atoms with E-state index in [1.54, 1.807) is 0 Å². The molecule has 1 saturated heterocycles. The molecule has 5 saturated carbocycles. The minimum Gasteiger partial charge on any atom is -0.462 e. The minimum atomic E-state index is -1.03. The van der Waals surface area contributed by atoms with Crippen LogP contribution in [0.3, 0.4) is 0 Å². The standard InChI is InChI=1S/C43H63NO9/c1-7-23-44-38(47)16-13-27(2)33-14-15-34-39-35(25-37(41(33,34)6)49-29(4)46)40(5)21-22-43(26-32(40)24-36(39)48-28(3)45)52-50-42(51-53-43)19-17-31(18-20-42)30-11-9-8-10-12-30/h8-12,27,31-37,39H,7,13-26H2,1-6H3,(H,44,47). The fraction of sp³-hybridized carbons (Fsp3) is 0.791. The molecular formula is C43H63NO9. The molecule has 10 atom stereocenters. The highest BCUT2D eigenvalue weighted by atomic mass is 17.4. The molecule has 5 aliphatic carbocycles. The molecule has 294 valence electrons. The van der Waals surface area contributed by atoms with Gasteiger partial charge < -0.3 is 14.8 Å². The van der Waals surface area contributed by atoms with Crippen molar-refractivity contribution in [2.24, 2.45) is 46.3 Å². The third-order valence-electron chi connectivity index (χ3n) is 15.2.